The van der Waals surface area contributed by atoms with Crippen LogP contribution in [0.3, 0.4) is 0 Å². The third-order valence-corrected chi connectivity index (χ3v) is 3.01. The molecule has 0 amide bonds. The minimum Gasteiger partial charge on any atom is -0.505 e. The summed E-state index contributed by atoms with van der Waals surface area (Å²) < 4.78 is 15.1. The maximum atomic E-state index is 12.8. The van der Waals surface area contributed by atoms with Crippen molar-refractivity contribution in [3.05, 3.63) is 58.1 Å². The van der Waals surface area contributed by atoms with Crippen molar-refractivity contribution < 1.29 is 9.50 Å². The van der Waals surface area contributed by atoms with E-state index >= 15 is 0 Å². The standard InChI is InChI=1S/C13H12FNOS/c1-9-13(16)12(17)6-7-15(9)8-10-2-4-11(14)5-3-10/h2-7,16H,8H2,1H3. The smallest absolute Gasteiger partial charge is 0.152 e. The molecule has 2 nitrogen and oxygen atoms in total. The van der Waals surface area contributed by atoms with Gasteiger partial charge in [0, 0.05) is 12.7 Å². The predicted molar refractivity (Wildman–Crippen MR) is 67.2 cm³/mol. The maximum absolute atomic E-state index is 12.8. The average Bonchev–Trinajstić information content (AvgIpc) is 2.33. The Kier molecular flexibility index (Phi) is 3.24. The normalized spacial score (nSPS) is 10.5. The number of nitrogens with zero attached hydrogens (tertiary/aromatic N) is 1. The summed E-state index contributed by atoms with van der Waals surface area (Å²) in [5.41, 5.74) is 1.68. The zero-order valence-corrected chi connectivity index (χ0v) is 10.2. The number of benzene rings is 1. The van der Waals surface area contributed by atoms with E-state index in [9.17, 15) is 9.50 Å². The molecule has 1 aromatic heterocycles. The van der Waals surface area contributed by atoms with Gasteiger partial charge in [0.05, 0.1) is 10.2 Å². The molecule has 0 spiro atoms. The summed E-state index contributed by atoms with van der Waals surface area (Å²) in [4.78, 5) is 0. The summed E-state index contributed by atoms with van der Waals surface area (Å²) in [5.74, 6) is -0.121. The van der Waals surface area contributed by atoms with Crippen molar-refractivity contribution in [3.8, 4) is 5.75 Å². The van der Waals surface area contributed by atoms with E-state index in [1.165, 1.54) is 12.1 Å². The first-order valence-corrected chi connectivity index (χ1v) is 5.62. The molecule has 2 rings (SSSR count). The number of hydrogen-bond donors (Lipinski definition) is 1. The van der Waals surface area contributed by atoms with Crippen LogP contribution in [0.5, 0.6) is 5.75 Å². The summed E-state index contributed by atoms with van der Waals surface area (Å²) in [6, 6.07) is 7.97. The van der Waals surface area contributed by atoms with Gasteiger partial charge in [0.25, 0.3) is 0 Å². The number of pyridine rings is 1. The largest absolute Gasteiger partial charge is 0.505 e. The van der Waals surface area contributed by atoms with Crippen LogP contribution in [0.1, 0.15) is 11.3 Å². The second kappa shape index (κ2) is 4.67. The van der Waals surface area contributed by atoms with Crippen LogP contribution in [-0.4, -0.2) is 9.67 Å². The van der Waals surface area contributed by atoms with E-state index in [1.807, 2.05) is 10.8 Å². The van der Waals surface area contributed by atoms with Gasteiger partial charge in [-0.05, 0) is 30.7 Å². The molecule has 4 heteroatoms. The van der Waals surface area contributed by atoms with Crippen LogP contribution in [0.25, 0.3) is 0 Å². The fourth-order valence-corrected chi connectivity index (χ4v) is 1.83. The highest BCUT2D eigenvalue weighted by molar-refractivity contribution is 7.71. The molecule has 0 radical (unpaired) electrons. The lowest BCUT2D eigenvalue weighted by atomic mass is 10.2. The van der Waals surface area contributed by atoms with E-state index in [0.29, 0.717) is 16.7 Å². The molecule has 0 atom stereocenters. The third-order valence-electron chi connectivity index (χ3n) is 2.68. The van der Waals surface area contributed by atoms with E-state index in [-0.39, 0.29) is 11.6 Å². The maximum Gasteiger partial charge on any atom is 0.152 e. The highest BCUT2D eigenvalue weighted by atomic mass is 32.1. The van der Waals surface area contributed by atoms with Gasteiger partial charge in [0.1, 0.15) is 5.82 Å². The van der Waals surface area contributed by atoms with Gasteiger partial charge in [-0.2, -0.15) is 0 Å². The van der Waals surface area contributed by atoms with E-state index < -0.39 is 0 Å². The summed E-state index contributed by atoms with van der Waals surface area (Å²) in [6.07, 6.45) is 1.82. The van der Waals surface area contributed by atoms with Crippen LogP contribution < -0.4 is 0 Å². The summed E-state index contributed by atoms with van der Waals surface area (Å²) >= 11 is 4.97. The highest BCUT2D eigenvalue weighted by Crippen LogP contribution is 2.18. The van der Waals surface area contributed by atoms with Crippen LogP contribution >= 0.6 is 12.2 Å². The van der Waals surface area contributed by atoms with E-state index in [2.05, 4.69) is 0 Å². The summed E-state index contributed by atoms with van der Waals surface area (Å²) in [7, 11) is 0. The Labute approximate surface area is 104 Å². The lowest BCUT2D eigenvalue weighted by molar-refractivity contribution is 0.458. The zero-order valence-electron chi connectivity index (χ0n) is 9.35. The Morgan fingerprint density at radius 1 is 1.24 bits per heavy atom. The Bertz CT molecular complexity index is 589. The molecule has 1 N–H and O–H groups in total. The van der Waals surface area contributed by atoms with Crippen LogP contribution in [-0.2, 0) is 6.54 Å². The van der Waals surface area contributed by atoms with Gasteiger partial charge in [-0.25, -0.2) is 4.39 Å². The number of halogens is 1. The molecule has 88 valence electrons. The second-order valence-electron chi connectivity index (χ2n) is 3.87. The van der Waals surface area contributed by atoms with Gasteiger partial charge in [-0.3, -0.25) is 0 Å². The summed E-state index contributed by atoms with van der Waals surface area (Å²) in [5, 5.41) is 9.72. The third kappa shape index (κ3) is 2.53. The molecule has 0 unspecified atom stereocenters. The molecular weight excluding hydrogens is 237 g/mol. The molecule has 0 bridgehead atoms. The van der Waals surface area contributed by atoms with Crippen molar-refractivity contribution in [3.63, 3.8) is 0 Å². The van der Waals surface area contributed by atoms with E-state index in [4.69, 9.17) is 12.2 Å². The van der Waals surface area contributed by atoms with Crippen molar-refractivity contribution in [2.24, 2.45) is 0 Å². The van der Waals surface area contributed by atoms with Crippen molar-refractivity contribution in [1.82, 2.24) is 4.57 Å². The van der Waals surface area contributed by atoms with Gasteiger partial charge in [0.2, 0.25) is 0 Å². The minimum absolute atomic E-state index is 0.129. The number of hydrogen-bond acceptors (Lipinski definition) is 2. The van der Waals surface area contributed by atoms with E-state index in [1.54, 1.807) is 25.1 Å². The first kappa shape index (κ1) is 11.8. The first-order valence-electron chi connectivity index (χ1n) is 5.21. The van der Waals surface area contributed by atoms with Crippen LogP contribution in [0.15, 0.2) is 36.5 Å². The van der Waals surface area contributed by atoms with Crippen LogP contribution in [0.2, 0.25) is 0 Å². The topological polar surface area (TPSA) is 25.2 Å². The quantitative estimate of drug-likeness (QED) is 0.825. The second-order valence-corrected chi connectivity index (χ2v) is 4.31. The monoisotopic (exact) mass is 249 g/mol. The molecule has 17 heavy (non-hydrogen) atoms. The van der Waals surface area contributed by atoms with Crippen molar-refractivity contribution in [2.45, 2.75) is 13.5 Å². The van der Waals surface area contributed by atoms with Gasteiger partial charge in [0.15, 0.2) is 5.75 Å². The van der Waals surface area contributed by atoms with Gasteiger partial charge >= 0.3 is 0 Å². The molecule has 0 saturated heterocycles. The Hall–Kier alpha value is -1.68. The highest BCUT2D eigenvalue weighted by Gasteiger charge is 2.03. The lowest BCUT2D eigenvalue weighted by Crippen LogP contribution is -2.04. The Morgan fingerprint density at radius 3 is 2.53 bits per heavy atom. The van der Waals surface area contributed by atoms with Crippen molar-refractivity contribution in [2.75, 3.05) is 0 Å². The number of aromatic nitrogens is 1. The van der Waals surface area contributed by atoms with Crippen molar-refractivity contribution >= 4 is 12.2 Å². The average molecular weight is 249 g/mol. The Morgan fingerprint density at radius 2 is 1.88 bits per heavy atom. The molecule has 0 aliphatic rings. The molecule has 0 aliphatic heterocycles. The molecule has 0 aliphatic carbocycles. The lowest BCUT2D eigenvalue weighted by Gasteiger charge is -2.12. The molecule has 2 aromatic rings. The SMILES string of the molecule is Cc1c(O)c(=S)ccn1Cc1ccc(F)cc1. The fourth-order valence-electron chi connectivity index (χ4n) is 1.62. The molecular formula is C13H12FNOS. The zero-order chi connectivity index (χ0) is 12.4. The number of aromatic hydroxyl groups is 1. The molecule has 1 aromatic carbocycles. The fraction of sp³-hybridized carbons (Fsp3) is 0.154. The number of rotatable bonds is 2. The molecule has 1 heterocycles. The summed E-state index contributed by atoms with van der Waals surface area (Å²) in [6.45, 7) is 2.38. The van der Waals surface area contributed by atoms with Gasteiger partial charge < -0.3 is 9.67 Å². The van der Waals surface area contributed by atoms with Crippen LogP contribution in [0.4, 0.5) is 4.39 Å². The molecule has 0 saturated carbocycles. The van der Waals surface area contributed by atoms with E-state index in [0.717, 1.165) is 5.56 Å². The van der Waals surface area contributed by atoms with Gasteiger partial charge in [-0.1, -0.05) is 24.4 Å². The predicted octanol–water partition coefficient (Wildman–Crippen LogP) is 3.42. The van der Waals surface area contributed by atoms with Crippen molar-refractivity contribution in [1.29, 1.82) is 0 Å². The first-order chi connectivity index (χ1) is 8.08. The van der Waals surface area contributed by atoms with Crippen LogP contribution in [0, 0.1) is 17.3 Å². The molecule has 0 fully saturated rings. The minimum atomic E-state index is -0.251. The van der Waals surface area contributed by atoms with Gasteiger partial charge in [-0.15, -0.1) is 0 Å². The Balaban J connectivity index is 2.34.